The number of hydrogen-bond donors (Lipinski definition) is 1. The Kier molecular flexibility index (Phi) is 4.80. The van der Waals surface area contributed by atoms with Gasteiger partial charge in [-0.2, -0.15) is 5.26 Å². The lowest BCUT2D eigenvalue weighted by molar-refractivity contribution is -0.114. The van der Waals surface area contributed by atoms with Crippen molar-refractivity contribution in [3.63, 3.8) is 0 Å². The molecule has 2 N–H and O–H groups in total. The van der Waals surface area contributed by atoms with E-state index in [9.17, 15) is 4.79 Å². The molecular weight excluding hydrogens is 270 g/mol. The Balaban J connectivity index is 2.32. The molecule has 0 aliphatic carbocycles. The van der Waals surface area contributed by atoms with Gasteiger partial charge in [-0.05, 0) is 18.2 Å². The van der Waals surface area contributed by atoms with E-state index in [2.05, 4.69) is 4.90 Å². The largest absolute Gasteiger partial charge is 0.496 e. The van der Waals surface area contributed by atoms with E-state index in [4.69, 9.17) is 20.5 Å². The van der Waals surface area contributed by atoms with E-state index in [0.29, 0.717) is 24.5 Å². The quantitative estimate of drug-likeness (QED) is 0.657. The lowest BCUT2D eigenvalue weighted by atomic mass is 10.1. The van der Waals surface area contributed by atoms with Crippen LogP contribution in [0.15, 0.2) is 23.8 Å². The third kappa shape index (κ3) is 3.52. The molecule has 1 heterocycles. The van der Waals surface area contributed by atoms with Gasteiger partial charge in [0.1, 0.15) is 17.4 Å². The fourth-order valence-electron chi connectivity index (χ4n) is 2.15. The van der Waals surface area contributed by atoms with Gasteiger partial charge in [0.2, 0.25) is 0 Å². The molecule has 1 saturated heterocycles. The van der Waals surface area contributed by atoms with Gasteiger partial charge in [0, 0.05) is 30.4 Å². The first-order chi connectivity index (χ1) is 10.2. The molecule has 1 aliphatic rings. The van der Waals surface area contributed by atoms with Crippen molar-refractivity contribution in [3.05, 3.63) is 29.3 Å². The Morgan fingerprint density at radius 2 is 2.19 bits per heavy atom. The highest BCUT2D eigenvalue weighted by Crippen LogP contribution is 2.28. The van der Waals surface area contributed by atoms with Crippen molar-refractivity contribution >= 4 is 17.7 Å². The third-order valence-electron chi connectivity index (χ3n) is 3.28. The summed E-state index contributed by atoms with van der Waals surface area (Å²) < 4.78 is 10.7. The van der Waals surface area contributed by atoms with Gasteiger partial charge >= 0.3 is 0 Å². The number of rotatable bonds is 4. The van der Waals surface area contributed by atoms with Gasteiger partial charge in [-0.25, -0.2) is 0 Å². The number of nitriles is 1. The van der Waals surface area contributed by atoms with Crippen molar-refractivity contribution < 1.29 is 14.3 Å². The number of hydrogen-bond acceptors (Lipinski definition) is 5. The van der Waals surface area contributed by atoms with Crippen LogP contribution in [0.5, 0.6) is 5.75 Å². The minimum Gasteiger partial charge on any atom is -0.496 e. The Morgan fingerprint density at radius 3 is 2.76 bits per heavy atom. The molecule has 1 aliphatic heterocycles. The zero-order valence-electron chi connectivity index (χ0n) is 11.8. The van der Waals surface area contributed by atoms with Gasteiger partial charge in [-0.15, -0.1) is 0 Å². The molecule has 6 heteroatoms. The summed E-state index contributed by atoms with van der Waals surface area (Å²) in [5.74, 6) is -0.162. The van der Waals surface area contributed by atoms with E-state index >= 15 is 0 Å². The average molecular weight is 287 g/mol. The molecule has 1 aromatic rings. The number of methoxy groups -OCH3 is 1. The van der Waals surface area contributed by atoms with Crippen LogP contribution in [0, 0.1) is 11.3 Å². The Morgan fingerprint density at radius 1 is 1.48 bits per heavy atom. The lowest BCUT2D eigenvalue weighted by Gasteiger charge is -2.29. The van der Waals surface area contributed by atoms with Crippen LogP contribution in [-0.2, 0) is 9.53 Å². The lowest BCUT2D eigenvalue weighted by Crippen LogP contribution is -2.36. The van der Waals surface area contributed by atoms with Gasteiger partial charge in [-0.1, -0.05) is 0 Å². The van der Waals surface area contributed by atoms with Crippen molar-refractivity contribution in [3.8, 4) is 11.8 Å². The third-order valence-corrected chi connectivity index (χ3v) is 3.28. The number of amides is 1. The molecule has 6 nitrogen and oxygen atoms in total. The van der Waals surface area contributed by atoms with Gasteiger partial charge in [0.25, 0.3) is 5.91 Å². The number of carbonyl (C=O) groups excluding carboxylic acids is 1. The molecule has 0 saturated carbocycles. The Bertz CT molecular complexity index is 599. The smallest absolute Gasteiger partial charge is 0.259 e. The highest BCUT2D eigenvalue weighted by Gasteiger charge is 2.14. The second kappa shape index (κ2) is 6.77. The Labute approximate surface area is 123 Å². The van der Waals surface area contributed by atoms with Crippen molar-refractivity contribution in [2.75, 3.05) is 38.3 Å². The van der Waals surface area contributed by atoms with Crippen molar-refractivity contribution in [1.29, 1.82) is 5.26 Å². The summed E-state index contributed by atoms with van der Waals surface area (Å²) in [5, 5.41) is 8.90. The van der Waals surface area contributed by atoms with Crippen LogP contribution in [0.1, 0.15) is 5.56 Å². The number of morpholine rings is 1. The molecule has 2 rings (SSSR count). The molecule has 0 bridgehead atoms. The van der Waals surface area contributed by atoms with Gasteiger partial charge in [0.05, 0.1) is 20.3 Å². The zero-order chi connectivity index (χ0) is 15.2. The summed E-state index contributed by atoms with van der Waals surface area (Å²) in [6, 6.07) is 7.40. The minimum absolute atomic E-state index is 0.104. The van der Waals surface area contributed by atoms with Gasteiger partial charge < -0.3 is 20.1 Å². The number of primary amides is 1. The predicted octanol–water partition coefficient (Wildman–Crippen LogP) is 0.924. The second-order valence-electron chi connectivity index (χ2n) is 4.56. The number of nitrogens with zero attached hydrogens (tertiary/aromatic N) is 2. The SMILES string of the molecule is COc1cc(N2CCOCC2)ccc1/C=C(\C#N)C(N)=O. The van der Waals surface area contributed by atoms with Crippen LogP contribution in [0.2, 0.25) is 0 Å². The first kappa shape index (κ1) is 14.9. The minimum atomic E-state index is -0.753. The van der Waals surface area contributed by atoms with Crippen LogP contribution in [0.3, 0.4) is 0 Å². The highest BCUT2D eigenvalue weighted by atomic mass is 16.5. The summed E-state index contributed by atoms with van der Waals surface area (Å²) in [5.41, 5.74) is 6.70. The molecule has 1 amide bonds. The summed E-state index contributed by atoms with van der Waals surface area (Å²) in [4.78, 5) is 13.3. The van der Waals surface area contributed by atoms with Crippen LogP contribution in [-0.4, -0.2) is 39.3 Å². The first-order valence-corrected chi connectivity index (χ1v) is 6.58. The van der Waals surface area contributed by atoms with E-state index in [0.717, 1.165) is 18.8 Å². The van der Waals surface area contributed by atoms with Crippen LogP contribution < -0.4 is 15.4 Å². The topological polar surface area (TPSA) is 88.6 Å². The standard InChI is InChI=1S/C15H17N3O3/c1-20-14-9-13(18-4-6-21-7-5-18)3-2-11(14)8-12(10-16)15(17)19/h2-3,8-9H,4-7H2,1H3,(H2,17,19)/b12-8+. The van der Waals surface area contributed by atoms with Crippen molar-refractivity contribution in [2.45, 2.75) is 0 Å². The summed E-state index contributed by atoms with van der Waals surface area (Å²) in [6.45, 7) is 3.04. The molecule has 0 unspecified atom stereocenters. The number of ether oxygens (including phenoxy) is 2. The zero-order valence-corrected chi connectivity index (χ0v) is 11.8. The molecule has 0 radical (unpaired) electrons. The second-order valence-corrected chi connectivity index (χ2v) is 4.56. The van der Waals surface area contributed by atoms with Gasteiger partial charge in [-0.3, -0.25) is 4.79 Å². The number of anilines is 1. The molecule has 21 heavy (non-hydrogen) atoms. The molecule has 1 aromatic carbocycles. The predicted molar refractivity (Wildman–Crippen MR) is 78.8 cm³/mol. The summed E-state index contributed by atoms with van der Waals surface area (Å²) in [7, 11) is 1.55. The number of benzene rings is 1. The highest BCUT2D eigenvalue weighted by molar-refractivity contribution is 6.00. The normalized spacial score (nSPS) is 15.4. The molecule has 0 atom stereocenters. The van der Waals surface area contributed by atoms with E-state index in [-0.39, 0.29) is 5.57 Å². The Hall–Kier alpha value is -2.52. The van der Waals surface area contributed by atoms with E-state index < -0.39 is 5.91 Å². The maximum atomic E-state index is 11.1. The molecule has 0 aromatic heterocycles. The maximum absolute atomic E-state index is 11.1. The fraction of sp³-hybridized carbons (Fsp3) is 0.333. The number of carbonyl (C=O) groups is 1. The van der Waals surface area contributed by atoms with Crippen LogP contribution in [0.4, 0.5) is 5.69 Å². The van der Waals surface area contributed by atoms with Gasteiger partial charge in [0.15, 0.2) is 0 Å². The van der Waals surface area contributed by atoms with E-state index in [1.807, 2.05) is 18.2 Å². The van der Waals surface area contributed by atoms with E-state index in [1.165, 1.54) is 6.08 Å². The van der Waals surface area contributed by atoms with Crippen molar-refractivity contribution in [1.82, 2.24) is 0 Å². The monoisotopic (exact) mass is 287 g/mol. The molecule has 1 fully saturated rings. The fourth-order valence-corrected chi connectivity index (χ4v) is 2.15. The average Bonchev–Trinajstić information content (AvgIpc) is 2.53. The van der Waals surface area contributed by atoms with E-state index in [1.54, 1.807) is 13.2 Å². The number of nitrogens with two attached hydrogens (primary N) is 1. The maximum Gasteiger partial charge on any atom is 0.259 e. The van der Waals surface area contributed by atoms with Crippen LogP contribution in [0.25, 0.3) is 6.08 Å². The van der Waals surface area contributed by atoms with Crippen LogP contribution >= 0.6 is 0 Å². The summed E-state index contributed by atoms with van der Waals surface area (Å²) >= 11 is 0. The molecule has 0 spiro atoms. The molecule has 110 valence electrons. The molecular formula is C15H17N3O3. The first-order valence-electron chi connectivity index (χ1n) is 6.58. The summed E-state index contributed by atoms with van der Waals surface area (Å²) in [6.07, 6.45) is 1.43. The van der Waals surface area contributed by atoms with Crippen molar-refractivity contribution in [2.24, 2.45) is 5.73 Å².